The molecule has 0 unspecified atom stereocenters. The monoisotopic (exact) mass is 316 g/mol. The Bertz CT molecular complexity index is 683. The molecule has 0 bridgehead atoms. The van der Waals surface area contributed by atoms with Gasteiger partial charge in [-0.1, -0.05) is 29.8 Å². The topological polar surface area (TPSA) is 58.2 Å². The first-order valence-corrected chi connectivity index (χ1v) is 7.28. The first-order chi connectivity index (χ1) is 10.5. The van der Waals surface area contributed by atoms with Gasteiger partial charge in [0.05, 0.1) is 6.04 Å². The molecule has 0 fully saturated rings. The van der Waals surface area contributed by atoms with Crippen molar-refractivity contribution in [3.8, 4) is 0 Å². The predicted molar refractivity (Wildman–Crippen MR) is 88.1 cm³/mol. The van der Waals surface area contributed by atoms with Crippen LogP contribution in [0.5, 0.6) is 0 Å². The van der Waals surface area contributed by atoms with E-state index in [9.17, 15) is 9.59 Å². The summed E-state index contributed by atoms with van der Waals surface area (Å²) in [6, 6.07) is 13.9. The van der Waals surface area contributed by atoms with Gasteiger partial charge in [0, 0.05) is 23.2 Å². The summed E-state index contributed by atoms with van der Waals surface area (Å²) in [7, 11) is 0. The van der Waals surface area contributed by atoms with Crippen LogP contribution in [0.1, 0.15) is 35.8 Å². The van der Waals surface area contributed by atoms with E-state index < -0.39 is 0 Å². The Labute approximate surface area is 134 Å². The summed E-state index contributed by atoms with van der Waals surface area (Å²) < 4.78 is 0. The summed E-state index contributed by atoms with van der Waals surface area (Å²) in [4.78, 5) is 23.2. The lowest BCUT2D eigenvalue weighted by atomic mass is 10.1. The zero-order chi connectivity index (χ0) is 16.1. The lowest BCUT2D eigenvalue weighted by molar-refractivity contribution is -0.114. The smallest absolute Gasteiger partial charge is 0.251 e. The van der Waals surface area contributed by atoms with Gasteiger partial charge in [-0.05, 0) is 42.8 Å². The third-order valence-electron chi connectivity index (χ3n) is 3.19. The molecule has 0 aromatic heterocycles. The molecule has 0 aliphatic rings. The summed E-state index contributed by atoms with van der Waals surface area (Å²) in [6.07, 6.45) is 0. The van der Waals surface area contributed by atoms with Crippen molar-refractivity contribution in [2.45, 2.75) is 19.9 Å². The molecule has 5 heteroatoms. The number of carbonyl (C=O) groups is 2. The lowest BCUT2D eigenvalue weighted by Gasteiger charge is -2.16. The number of carbonyl (C=O) groups excluding carboxylic acids is 2. The molecule has 2 rings (SSSR count). The second-order valence-electron chi connectivity index (χ2n) is 4.98. The molecular formula is C17H17ClN2O2. The van der Waals surface area contributed by atoms with Crippen molar-refractivity contribution < 1.29 is 9.59 Å². The van der Waals surface area contributed by atoms with E-state index in [-0.39, 0.29) is 17.9 Å². The van der Waals surface area contributed by atoms with Gasteiger partial charge < -0.3 is 10.6 Å². The quantitative estimate of drug-likeness (QED) is 0.901. The van der Waals surface area contributed by atoms with Crippen LogP contribution >= 0.6 is 11.6 Å². The second-order valence-corrected chi connectivity index (χ2v) is 5.38. The van der Waals surface area contributed by atoms with Crippen LogP contribution in [-0.2, 0) is 4.79 Å². The maximum absolute atomic E-state index is 12.2. The van der Waals surface area contributed by atoms with Crippen molar-refractivity contribution in [1.29, 1.82) is 0 Å². The maximum atomic E-state index is 12.2. The first-order valence-electron chi connectivity index (χ1n) is 6.90. The molecule has 0 aliphatic carbocycles. The lowest BCUT2D eigenvalue weighted by Crippen LogP contribution is -2.26. The molecule has 2 N–H and O–H groups in total. The fourth-order valence-electron chi connectivity index (χ4n) is 2.09. The molecule has 4 nitrogen and oxygen atoms in total. The summed E-state index contributed by atoms with van der Waals surface area (Å²) in [5, 5.41) is 6.18. The number of anilines is 1. The van der Waals surface area contributed by atoms with Crippen molar-refractivity contribution in [3.05, 3.63) is 64.7 Å². The van der Waals surface area contributed by atoms with E-state index >= 15 is 0 Å². The molecule has 2 aromatic rings. The van der Waals surface area contributed by atoms with Crippen molar-refractivity contribution in [3.63, 3.8) is 0 Å². The molecule has 0 aliphatic heterocycles. The van der Waals surface area contributed by atoms with E-state index in [0.29, 0.717) is 16.3 Å². The highest BCUT2D eigenvalue weighted by Gasteiger charge is 2.13. The van der Waals surface area contributed by atoms with Crippen LogP contribution in [-0.4, -0.2) is 11.8 Å². The summed E-state index contributed by atoms with van der Waals surface area (Å²) in [5.41, 5.74) is 2.04. The minimum Gasteiger partial charge on any atom is -0.345 e. The molecule has 2 aromatic carbocycles. The highest BCUT2D eigenvalue weighted by atomic mass is 35.5. The molecule has 22 heavy (non-hydrogen) atoms. The first kappa shape index (κ1) is 16.0. The fraction of sp³-hybridized carbons (Fsp3) is 0.176. The van der Waals surface area contributed by atoms with E-state index in [2.05, 4.69) is 10.6 Å². The van der Waals surface area contributed by atoms with Gasteiger partial charge in [0.1, 0.15) is 0 Å². The Morgan fingerprint density at radius 2 is 1.68 bits per heavy atom. The van der Waals surface area contributed by atoms with Gasteiger partial charge in [0.25, 0.3) is 5.91 Å². The van der Waals surface area contributed by atoms with Gasteiger partial charge in [-0.3, -0.25) is 9.59 Å². The molecule has 0 spiro atoms. The number of nitrogens with one attached hydrogen (secondary N) is 2. The van der Waals surface area contributed by atoms with Gasteiger partial charge >= 0.3 is 0 Å². The number of rotatable bonds is 4. The Morgan fingerprint density at radius 1 is 1.05 bits per heavy atom. The average molecular weight is 317 g/mol. The van der Waals surface area contributed by atoms with Gasteiger partial charge in [-0.25, -0.2) is 0 Å². The van der Waals surface area contributed by atoms with Crippen LogP contribution in [0.3, 0.4) is 0 Å². The van der Waals surface area contributed by atoms with Crippen LogP contribution < -0.4 is 10.6 Å². The Morgan fingerprint density at radius 3 is 2.27 bits per heavy atom. The van der Waals surface area contributed by atoms with Crippen molar-refractivity contribution >= 4 is 29.1 Å². The summed E-state index contributed by atoms with van der Waals surface area (Å²) >= 11 is 6.13. The highest BCUT2D eigenvalue weighted by Crippen LogP contribution is 2.22. The Balaban J connectivity index is 2.06. The minimum atomic E-state index is -0.198. The van der Waals surface area contributed by atoms with Crippen LogP contribution in [0, 0.1) is 0 Å². The molecule has 0 radical (unpaired) electrons. The molecule has 0 saturated heterocycles. The molecule has 1 atom stereocenters. The van der Waals surface area contributed by atoms with Gasteiger partial charge in [0.2, 0.25) is 5.91 Å². The third kappa shape index (κ3) is 4.09. The van der Waals surface area contributed by atoms with Crippen molar-refractivity contribution in [2.24, 2.45) is 0 Å². The maximum Gasteiger partial charge on any atom is 0.251 e. The third-order valence-corrected chi connectivity index (χ3v) is 3.53. The number of hydrogen-bond donors (Lipinski definition) is 2. The van der Waals surface area contributed by atoms with Gasteiger partial charge in [-0.2, -0.15) is 0 Å². The van der Waals surface area contributed by atoms with Gasteiger partial charge in [0.15, 0.2) is 0 Å². The molecule has 2 amide bonds. The number of halogens is 1. The van der Waals surface area contributed by atoms with E-state index in [0.717, 1.165) is 5.56 Å². The zero-order valence-electron chi connectivity index (χ0n) is 12.4. The number of amides is 2. The highest BCUT2D eigenvalue weighted by molar-refractivity contribution is 6.31. The van der Waals surface area contributed by atoms with E-state index in [1.807, 2.05) is 25.1 Å². The van der Waals surface area contributed by atoms with Crippen molar-refractivity contribution in [2.75, 3.05) is 5.32 Å². The number of benzene rings is 2. The predicted octanol–water partition coefficient (Wildman–Crippen LogP) is 3.79. The van der Waals surface area contributed by atoms with Crippen LogP contribution in [0.4, 0.5) is 5.69 Å². The van der Waals surface area contributed by atoms with Crippen LogP contribution in [0.25, 0.3) is 0 Å². The molecule has 114 valence electrons. The average Bonchev–Trinajstić information content (AvgIpc) is 2.47. The Hall–Kier alpha value is -2.33. The minimum absolute atomic E-state index is 0.149. The molecular weight excluding hydrogens is 300 g/mol. The second kappa shape index (κ2) is 7.09. The largest absolute Gasteiger partial charge is 0.345 e. The van der Waals surface area contributed by atoms with E-state index in [1.165, 1.54) is 6.92 Å². The van der Waals surface area contributed by atoms with Gasteiger partial charge in [-0.15, -0.1) is 0 Å². The van der Waals surface area contributed by atoms with Crippen molar-refractivity contribution in [1.82, 2.24) is 5.32 Å². The molecule has 0 heterocycles. The standard InChI is InChI=1S/C17H17ClN2O2/c1-11(15-5-3-4-6-16(15)18)19-17(22)13-7-9-14(10-8-13)20-12(2)21/h3-11H,1-2H3,(H,19,22)(H,20,21)/t11-/m0/s1. The van der Waals surface area contributed by atoms with Crippen LogP contribution in [0.2, 0.25) is 5.02 Å². The van der Waals surface area contributed by atoms with Crippen LogP contribution in [0.15, 0.2) is 48.5 Å². The van der Waals surface area contributed by atoms with E-state index in [4.69, 9.17) is 11.6 Å². The fourth-order valence-corrected chi connectivity index (χ4v) is 2.39. The van der Waals surface area contributed by atoms with E-state index in [1.54, 1.807) is 30.3 Å². The number of hydrogen-bond acceptors (Lipinski definition) is 2. The summed E-state index contributed by atoms with van der Waals surface area (Å²) in [6.45, 7) is 3.32. The summed E-state index contributed by atoms with van der Waals surface area (Å²) in [5.74, 6) is -0.341. The normalized spacial score (nSPS) is 11.6. The SMILES string of the molecule is CC(=O)Nc1ccc(C(=O)N[C@@H](C)c2ccccc2Cl)cc1. The zero-order valence-corrected chi connectivity index (χ0v) is 13.1. The molecule has 0 saturated carbocycles. The Kier molecular flexibility index (Phi) is 5.17.